The van der Waals surface area contributed by atoms with Gasteiger partial charge in [-0.1, -0.05) is 44.2 Å². The van der Waals surface area contributed by atoms with Gasteiger partial charge in [0.25, 0.3) is 0 Å². The monoisotopic (exact) mass is 341 g/mol. The summed E-state index contributed by atoms with van der Waals surface area (Å²) in [6, 6.07) is 8.52. The summed E-state index contributed by atoms with van der Waals surface area (Å²) in [5.41, 5.74) is 6.14. The van der Waals surface area contributed by atoms with Gasteiger partial charge in [-0.15, -0.1) is 12.4 Å². The summed E-state index contributed by atoms with van der Waals surface area (Å²) in [6.07, 6.45) is 0.388. The number of nitrogens with two attached hydrogens (primary N) is 1. The number of nitrogens with one attached hydrogen (secondary N) is 2. The molecule has 0 aliphatic rings. The van der Waals surface area contributed by atoms with Crippen LogP contribution in [0.15, 0.2) is 30.3 Å². The quantitative estimate of drug-likeness (QED) is 0.710. The van der Waals surface area contributed by atoms with Crippen LogP contribution in [0.2, 0.25) is 0 Å². The van der Waals surface area contributed by atoms with Crippen molar-refractivity contribution < 1.29 is 9.59 Å². The number of hydrogen-bond acceptors (Lipinski definition) is 3. The van der Waals surface area contributed by atoms with Gasteiger partial charge in [-0.25, -0.2) is 0 Å². The Kier molecular flexibility index (Phi) is 8.87. The Balaban J connectivity index is 0.00000484. The molecule has 0 bridgehead atoms. The van der Waals surface area contributed by atoms with Crippen LogP contribution in [0, 0.1) is 5.92 Å². The SMILES string of the molecule is CC(C)CC(=O)NC(C(=O)NCC(C)(C)N)c1ccccc1.Cl. The molecule has 2 amide bonds. The highest BCUT2D eigenvalue weighted by Crippen LogP contribution is 2.14. The number of carbonyl (C=O) groups is 2. The molecule has 0 heterocycles. The molecular weight excluding hydrogens is 314 g/mol. The Hall–Kier alpha value is -1.59. The van der Waals surface area contributed by atoms with Gasteiger partial charge in [0.1, 0.15) is 6.04 Å². The lowest BCUT2D eigenvalue weighted by molar-refractivity contribution is -0.129. The minimum atomic E-state index is -0.699. The molecule has 4 N–H and O–H groups in total. The number of benzene rings is 1. The molecule has 1 atom stereocenters. The molecule has 0 aromatic heterocycles. The zero-order valence-electron chi connectivity index (χ0n) is 14.3. The van der Waals surface area contributed by atoms with E-state index in [1.807, 2.05) is 58.0 Å². The van der Waals surface area contributed by atoms with Crippen molar-refractivity contribution in [1.29, 1.82) is 0 Å². The fourth-order valence-corrected chi connectivity index (χ4v) is 1.95. The van der Waals surface area contributed by atoms with E-state index in [0.717, 1.165) is 5.56 Å². The van der Waals surface area contributed by atoms with Crippen LogP contribution in [-0.2, 0) is 9.59 Å². The molecule has 23 heavy (non-hydrogen) atoms. The lowest BCUT2D eigenvalue weighted by Crippen LogP contribution is -2.48. The molecule has 0 aliphatic heterocycles. The summed E-state index contributed by atoms with van der Waals surface area (Å²) >= 11 is 0. The van der Waals surface area contributed by atoms with E-state index in [-0.39, 0.29) is 30.1 Å². The largest absolute Gasteiger partial charge is 0.352 e. The Morgan fingerprint density at radius 3 is 2.22 bits per heavy atom. The molecule has 1 unspecified atom stereocenters. The molecule has 1 rings (SSSR count). The first-order valence-electron chi connectivity index (χ1n) is 7.60. The van der Waals surface area contributed by atoms with Gasteiger partial charge in [-0.05, 0) is 25.3 Å². The number of rotatable bonds is 7. The molecule has 130 valence electrons. The predicted molar refractivity (Wildman–Crippen MR) is 95.3 cm³/mol. The summed E-state index contributed by atoms with van der Waals surface area (Å²) in [4.78, 5) is 24.5. The fraction of sp³-hybridized carbons (Fsp3) is 0.529. The minimum Gasteiger partial charge on any atom is -0.352 e. The minimum absolute atomic E-state index is 0. The van der Waals surface area contributed by atoms with Gasteiger partial charge in [0, 0.05) is 18.5 Å². The smallest absolute Gasteiger partial charge is 0.247 e. The molecule has 0 fully saturated rings. The van der Waals surface area contributed by atoms with Crippen LogP contribution < -0.4 is 16.4 Å². The van der Waals surface area contributed by atoms with E-state index >= 15 is 0 Å². The summed E-state index contributed by atoms with van der Waals surface area (Å²) in [5.74, 6) is -0.143. The van der Waals surface area contributed by atoms with Crippen LogP contribution in [0.25, 0.3) is 0 Å². The lowest BCUT2D eigenvalue weighted by atomic mass is 10.0. The summed E-state index contributed by atoms with van der Waals surface area (Å²) in [5, 5.41) is 5.61. The van der Waals surface area contributed by atoms with Crippen molar-refractivity contribution in [1.82, 2.24) is 10.6 Å². The highest BCUT2D eigenvalue weighted by atomic mass is 35.5. The molecule has 5 nitrogen and oxygen atoms in total. The topological polar surface area (TPSA) is 84.2 Å². The second-order valence-corrected chi connectivity index (χ2v) is 6.72. The van der Waals surface area contributed by atoms with E-state index in [2.05, 4.69) is 10.6 Å². The maximum Gasteiger partial charge on any atom is 0.247 e. The fourth-order valence-electron chi connectivity index (χ4n) is 1.95. The Morgan fingerprint density at radius 1 is 1.17 bits per heavy atom. The first-order chi connectivity index (χ1) is 10.2. The Morgan fingerprint density at radius 2 is 1.74 bits per heavy atom. The van der Waals surface area contributed by atoms with Crippen molar-refractivity contribution in [2.75, 3.05) is 6.54 Å². The average Bonchev–Trinajstić information content (AvgIpc) is 2.41. The van der Waals surface area contributed by atoms with E-state index in [0.29, 0.717) is 13.0 Å². The Labute approximate surface area is 144 Å². The number of carbonyl (C=O) groups excluding carboxylic acids is 2. The zero-order valence-corrected chi connectivity index (χ0v) is 15.1. The number of halogens is 1. The second kappa shape index (κ2) is 9.53. The van der Waals surface area contributed by atoms with Crippen LogP contribution >= 0.6 is 12.4 Å². The number of amides is 2. The molecule has 0 radical (unpaired) electrons. The summed E-state index contributed by atoms with van der Waals surface area (Å²) in [7, 11) is 0. The molecule has 1 aromatic carbocycles. The number of hydrogen-bond donors (Lipinski definition) is 3. The van der Waals surface area contributed by atoms with Crippen molar-refractivity contribution in [3.63, 3.8) is 0 Å². The summed E-state index contributed by atoms with van der Waals surface area (Å²) < 4.78 is 0. The second-order valence-electron chi connectivity index (χ2n) is 6.72. The van der Waals surface area contributed by atoms with E-state index < -0.39 is 11.6 Å². The van der Waals surface area contributed by atoms with E-state index in [9.17, 15) is 9.59 Å². The molecule has 0 saturated carbocycles. The molecule has 0 aliphatic carbocycles. The average molecular weight is 342 g/mol. The highest BCUT2D eigenvalue weighted by Gasteiger charge is 2.24. The van der Waals surface area contributed by atoms with Crippen molar-refractivity contribution in [2.45, 2.75) is 45.7 Å². The van der Waals surface area contributed by atoms with Gasteiger partial charge < -0.3 is 16.4 Å². The van der Waals surface area contributed by atoms with Crippen LogP contribution in [-0.4, -0.2) is 23.9 Å². The van der Waals surface area contributed by atoms with Crippen LogP contribution in [0.5, 0.6) is 0 Å². The lowest BCUT2D eigenvalue weighted by Gasteiger charge is -2.23. The molecule has 0 spiro atoms. The van der Waals surface area contributed by atoms with Crippen LogP contribution in [0.1, 0.15) is 45.7 Å². The van der Waals surface area contributed by atoms with Gasteiger partial charge >= 0.3 is 0 Å². The predicted octanol–water partition coefficient (Wildman–Crippen LogP) is 2.17. The van der Waals surface area contributed by atoms with Crippen molar-refractivity contribution in [3.8, 4) is 0 Å². The van der Waals surface area contributed by atoms with Crippen LogP contribution in [0.4, 0.5) is 0 Å². The van der Waals surface area contributed by atoms with Crippen molar-refractivity contribution >= 4 is 24.2 Å². The first kappa shape index (κ1) is 21.4. The van der Waals surface area contributed by atoms with Gasteiger partial charge in [-0.2, -0.15) is 0 Å². The third-order valence-corrected chi connectivity index (χ3v) is 3.01. The maximum atomic E-state index is 12.4. The van der Waals surface area contributed by atoms with E-state index in [1.54, 1.807) is 0 Å². The van der Waals surface area contributed by atoms with Gasteiger partial charge in [0.05, 0.1) is 0 Å². The molecule has 6 heteroatoms. The third-order valence-electron chi connectivity index (χ3n) is 3.01. The third kappa shape index (κ3) is 8.57. The van der Waals surface area contributed by atoms with Crippen molar-refractivity contribution in [3.05, 3.63) is 35.9 Å². The standard InChI is InChI=1S/C17H27N3O2.ClH/c1-12(2)10-14(21)20-15(13-8-6-5-7-9-13)16(22)19-11-17(3,4)18;/h5-9,12,15H,10-11,18H2,1-4H3,(H,19,22)(H,20,21);1H. The maximum absolute atomic E-state index is 12.4. The van der Waals surface area contributed by atoms with Gasteiger partial charge in [-0.3, -0.25) is 9.59 Å². The van der Waals surface area contributed by atoms with Gasteiger partial charge in [0.2, 0.25) is 11.8 Å². The molecule has 1 aromatic rings. The normalized spacial score (nSPS) is 12.3. The van der Waals surface area contributed by atoms with E-state index in [4.69, 9.17) is 5.73 Å². The first-order valence-corrected chi connectivity index (χ1v) is 7.60. The molecule has 0 saturated heterocycles. The zero-order chi connectivity index (χ0) is 16.8. The molecular formula is C17H28ClN3O2. The highest BCUT2D eigenvalue weighted by molar-refractivity contribution is 5.88. The van der Waals surface area contributed by atoms with Crippen LogP contribution in [0.3, 0.4) is 0 Å². The van der Waals surface area contributed by atoms with Gasteiger partial charge in [0.15, 0.2) is 0 Å². The van der Waals surface area contributed by atoms with Crippen molar-refractivity contribution in [2.24, 2.45) is 11.7 Å². The Bertz CT molecular complexity index is 498. The summed E-state index contributed by atoms with van der Waals surface area (Å²) in [6.45, 7) is 7.95. The van der Waals surface area contributed by atoms with E-state index in [1.165, 1.54) is 0 Å².